The number of alkyl halides is 5. The zero-order valence-corrected chi connectivity index (χ0v) is 23.2. The van der Waals surface area contributed by atoms with Gasteiger partial charge in [0.25, 0.3) is 5.91 Å². The van der Waals surface area contributed by atoms with Crippen molar-refractivity contribution >= 4 is 22.7 Å². The van der Waals surface area contributed by atoms with Gasteiger partial charge in [-0.25, -0.2) is 18.4 Å². The van der Waals surface area contributed by atoms with Gasteiger partial charge in [0, 0.05) is 22.7 Å². The average Bonchev–Trinajstić information content (AvgIpc) is 3.58. The Kier molecular flexibility index (Phi) is 7.63. The molecule has 1 aliphatic heterocycles. The van der Waals surface area contributed by atoms with Crippen molar-refractivity contribution in [2.24, 2.45) is 5.73 Å². The van der Waals surface area contributed by atoms with E-state index in [1.165, 1.54) is 0 Å². The van der Waals surface area contributed by atoms with Gasteiger partial charge in [0.1, 0.15) is 40.5 Å². The first-order chi connectivity index (χ1) is 21.0. The lowest BCUT2D eigenvalue weighted by molar-refractivity contribution is -0.266. The Morgan fingerprint density at radius 3 is 2.44 bits per heavy atom. The number of amides is 2. The number of nitrogens with zero attached hydrogens (tertiary/aromatic N) is 3. The number of carbonyl (C=O) groups is 2. The second kappa shape index (κ2) is 10.9. The van der Waals surface area contributed by atoms with E-state index in [1.54, 1.807) is 0 Å². The largest absolute Gasteiger partial charge is 0.494 e. The molecule has 1 unspecified atom stereocenters. The van der Waals surface area contributed by atoms with Crippen molar-refractivity contribution < 1.29 is 54.9 Å². The molecule has 2 amide bonds. The van der Waals surface area contributed by atoms with Gasteiger partial charge in [0.15, 0.2) is 11.6 Å². The summed E-state index contributed by atoms with van der Waals surface area (Å²) in [6, 6.07) is 6.17. The maximum absolute atomic E-state index is 16.1. The molecule has 238 valence electrons. The van der Waals surface area contributed by atoms with E-state index in [-0.39, 0.29) is 32.5 Å². The monoisotopic (exact) mass is 641 g/mol. The molecule has 0 fully saturated rings. The topological polar surface area (TPSA) is 142 Å². The summed E-state index contributed by atoms with van der Waals surface area (Å²) in [4.78, 5) is 29.1. The summed E-state index contributed by atoms with van der Waals surface area (Å²) in [5.74, 6) is -5.50. The summed E-state index contributed by atoms with van der Waals surface area (Å²) in [6.07, 6.45) is -4.81. The van der Waals surface area contributed by atoms with Crippen LogP contribution >= 0.6 is 0 Å². The zero-order chi connectivity index (χ0) is 33.1. The number of carbonyl (C=O) groups excluding carboxylic acids is 2. The van der Waals surface area contributed by atoms with Gasteiger partial charge >= 0.3 is 12.7 Å². The number of pyridine rings is 1. The van der Waals surface area contributed by atoms with Gasteiger partial charge in [-0.2, -0.15) is 27.1 Å². The van der Waals surface area contributed by atoms with Gasteiger partial charge in [-0.05, 0) is 43.3 Å². The fraction of sp³-hybridized carbons (Fsp3) is 0.286. The minimum Gasteiger partial charge on any atom is -0.494 e. The molecule has 0 radical (unpaired) electrons. The fourth-order valence-electron chi connectivity index (χ4n) is 4.88. The van der Waals surface area contributed by atoms with Gasteiger partial charge in [-0.1, -0.05) is 0 Å². The van der Waals surface area contributed by atoms with Gasteiger partial charge in [-0.3, -0.25) is 9.59 Å². The van der Waals surface area contributed by atoms with Crippen LogP contribution < -0.4 is 20.5 Å². The molecular formula is C28H22F7N5O5. The van der Waals surface area contributed by atoms with Crippen molar-refractivity contribution in [3.63, 3.8) is 0 Å². The van der Waals surface area contributed by atoms with Crippen LogP contribution in [-0.2, 0) is 15.8 Å². The summed E-state index contributed by atoms with van der Waals surface area (Å²) in [5.41, 5.74) is -4.08. The molecule has 0 bridgehead atoms. The normalized spacial score (nSPS) is 17.6. The number of nitrogens with two attached hydrogens (primary N) is 1. The molecule has 0 aliphatic carbocycles. The number of aromatic nitrogens is 3. The SMILES string of the molecule is COc1cc(C(=O)NCC(O)(c2nc(-c3ccc(F)cc3)c3c(c2F)[C@](C)(C(N)=O)CO3)C(F)(F)F)cc2cn(C(F)F)nc12. The maximum Gasteiger partial charge on any atom is 0.424 e. The van der Waals surface area contributed by atoms with Gasteiger partial charge in [0.2, 0.25) is 11.5 Å². The van der Waals surface area contributed by atoms with Crippen LogP contribution in [0.3, 0.4) is 0 Å². The first-order valence-corrected chi connectivity index (χ1v) is 12.9. The molecule has 4 N–H and O–H groups in total. The van der Waals surface area contributed by atoms with E-state index in [0.717, 1.165) is 56.6 Å². The molecule has 17 heteroatoms. The Labute approximate surface area is 248 Å². The molecule has 2 aromatic carbocycles. The summed E-state index contributed by atoms with van der Waals surface area (Å²) in [5, 5.41) is 16.6. The number of hydrogen-bond donors (Lipinski definition) is 3. The standard InChI is InChI=1S/C28H22F7N5O5/c1-26(24(36)42)11-45-21-17(26)18(30)22(38-20(21)12-3-5-15(29)6-4-12)27(43,28(33,34)35)10-37-23(41)13-7-14-9-40(25(31)32)39-19(14)16(8-13)44-2/h3-9,25,43H,10-11H2,1-2H3,(H2,36,42)(H,37,41)/t26-,27?/m1/s1. The number of rotatable bonds is 8. The third-order valence-electron chi connectivity index (χ3n) is 7.45. The van der Waals surface area contributed by atoms with Crippen LogP contribution in [0.1, 0.15) is 35.1 Å². The van der Waals surface area contributed by atoms with Crippen LogP contribution in [0.2, 0.25) is 0 Å². The molecule has 5 rings (SSSR count). The smallest absolute Gasteiger partial charge is 0.424 e. The number of halogens is 7. The van der Waals surface area contributed by atoms with Crippen molar-refractivity contribution in [2.75, 3.05) is 20.3 Å². The molecule has 3 heterocycles. The van der Waals surface area contributed by atoms with Gasteiger partial charge in [-0.15, -0.1) is 0 Å². The van der Waals surface area contributed by atoms with Gasteiger partial charge < -0.3 is 25.6 Å². The predicted octanol–water partition coefficient (Wildman–Crippen LogP) is 4.10. The van der Waals surface area contributed by atoms with Crippen LogP contribution in [0.5, 0.6) is 11.5 Å². The number of aliphatic hydroxyl groups is 1. The number of fused-ring (bicyclic) bond motifs is 2. The molecule has 45 heavy (non-hydrogen) atoms. The van der Waals surface area contributed by atoms with Crippen LogP contribution in [0.15, 0.2) is 42.6 Å². The van der Waals surface area contributed by atoms with E-state index in [4.69, 9.17) is 15.2 Å². The number of nitrogens with one attached hydrogen (secondary N) is 1. The van der Waals surface area contributed by atoms with E-state index in [9.17, 15) is 41.0 Å². The van der Waals surface area contributed by atoms with E-state index < -0.39 is 83.0 Å². The van der Waals surface area contributed by atoms with Crippen molar-refractivity contribution in [2.45, 2.75) is 30.7 Å². The lowest BCUT2D eigenvalue weighted by atomic mass is 9.81. The Hall–Kier alpha value is -4.93. The highest BCUT2D eigenvalue weighted by Crippen LogP contribution is 2.49. The van der Waals surface area contributed by atoms with E-state index in [0.29, 0.717) is 0 Å². The fourth-order valence-corrected chi connectivity index (χ4v) is 4.88. The van der Waals surface area contributed by atoms with Crippen molar-refractivity contribution in [3.05, 3.63) is 71.1 Å². The Morgan fingerprint density at radius 2 is 1.87 bits per heavy atom. The number of benzene rings is 2. The number of methoxy groups -OCH3 is 1. The number of primary amides is 1. The molecule has 0 saturated carbocycles. The second-order valence-electron chi connectivity index (χ2n) is 10.4. The summed E-state index contributed by atoms with van der Waals surface area (Å²) in [6.45, 7) is -4.21. The molecule has 4 aromatic rings. The van der Waals surface area contributed by atoms with E-state index in [1.807, 2.05) is 5.32 Å². The Balaban J connectivity index is 1.61. The highest BCUT2D eigenvalue weighted by Gasteiger charge is 2.60. The number of hydrogen-bond acceptors (Lipinski definition) is 7. The molecule has 10 nitrogen and oxygen atoms in total. The molecule has 2 atom stereocenters. The molecule has 0 saturated heterocycles. The van der Waals surface area contributed by atoms with Crippen molar-refractivity contribution in [1.82, 2.24) is 20.1 Å². The van der Waals surface area contributed by atoms with E-state index >= 15 is 4.39 Å². The lowest BCUT2D eigenvalue weighted by Gasteiger charge is -2.32. The Bertz CT molecular complexity index is 1830. The maximum atomic E-state index is 16.1. The van der Waals surface area contributed by atoms with Crippen molar-refractivity contribution in [1.29, 1.82) is 0 Å². The number of ether oxygens (including phenoxy) is 2. The summed E-state index contributed by atoms with van der Waals surface area (Å²) < 4.78 is 111. The highest BCUT2D eigenvalue weighted by atomic mass is 19.4. The third-order valence-corrected chi connectivity index (χ3v) is 7.45. The highest BCUT2D eigenvalue weighted by molar-refractivity contribution is 6.00. The average molecular weight is 642 g/mol. The minimum atomic E-state index is -5.69. The third kappa shape index (κ3) is 5.15. The first-order valence-electron chi connectivity index (χ1n) is 12.9. The predicted molar refractivity (Wildman–Crippen MR) is 141 cm³/mol. The van der Waals surface area contributed by atoms with Crippen molar-refractivity contribution in [3.8, 4) is 22.8 Å². The summed E-state index contributed by atoms with van der Waals surface area (Å²) in [7, 11) is 1.14. The molecule has 2 aromatic heterocycles. The van der Waals surface area contributed by atoms with E-state index in [2.05, 4.69) is 10.1 Å². The quantitative estimate of drug-likeness (QED) is 0.246. The molecule has 1 aliphatic rings. The molecular weight excluding hydrogens is 619 g/mol. The summed E-state index contributed by atoms with van der Waals surface area (Å²) >= 11 is 0. The van der Waals surface area contributed by atoms with Gasteiger partial charge in [0.05, 0.1) is 19.2 Å². The first kappa shape index (κ1) is 31.5. The van der Waals surface area contributed by atoms with Crippen LogP contribution in [0.4, 0.5) is 30.7 Å². The van der Waals surface area contributed by atoms with Crippen LogP contribution in [0.25, 0.3) is 22.2 Å². The zero-order valence-electron chi connectivity index (χ0n) is 23.2. The lowest BCUT2D eigenvalue weighted by Crippen LogP contribution is -2.52. The second-order valence-corrected chi connectivity index (χ2v) is 10.4. The van der Waals surface area contributed by atoms with Crippen LogP contribution in [-0.4, -0.2) is 58.1 Å². The minimum absolute atomic E-state index is 0.0214. The Morgan fingerprint density at radius 1 is 1.20 bits per heavy atom. The van der Waals surface area contributed by atoms with Crippen LogP contribution in [0, 0.1) is 11.6 Å². The molecule has 0 spiro atoms.